The van der Waals surface area contributed by atoms with Crippen molar-refractivity contribution in [3.8, 4) is 0 Å². The molecule has 0 aliphatic carbocycles. The average molecular weight is 361 g/mol. The van der Waals surface area contributed by atoms with Crippen molar-refractivity contribution in [2.75, 3.05) is 31.1 Å². The zero-order valence-electron chi connectivity index (χ0n) is 14.6. The normalized spacial score (nSPS) is 25.5. The summed E-state index contributed by atoms with van der Waals surface area (Å²) in [6.07, 6.45) is 3.73. The van der Waals surface area contributed by atoms with Crippen LogP contribution in [0.5, 0.6) is 0 Å². The fourth-order valence-corrected chi connectivity index (χ4v) is 4.43. The fourth-order valence-electron chi connectivity index (χ4n) is 3.59. The Hall–Kier alpha value is -1.77. The molecular formula is C17H23N5O2S. The molecule has 0 aromatic carbocycles. The molecule has 2 aromatic rings. The van der Waals surface area contributed by atoms with E-state index >= 15 is 0 Å². The van der Waals surface area contributed by atoms with Gasteiger partial charge in [0.05, 0.1) is 12.6 Å². The first kappa shape index (κ1) is 16.7. The maximum atomic E-state index is 13.1. The molecule has 2 saturated heterocycles. The summed E-state index contributed by atoms with van der Waals surface area (Å²) < 4.78 is 7.65. The number of aryl methyl sites for hydroxylation is 2. The second kappa shape index (κ2) is 6.86. The van der Waals surface area contributed by atoms with Gasteiger partial charge >= 0.3 is 0 Å². The third-order valence-corrected chi connectivity index (χ3v) is 5.89. The number of carbonyl (C=O) groups is 1. The van der Waals surface area contributed by atoms with Crippen molar-refractivity contribution in [1.82, 2.24) is 19.7 Å². The van der Waals surface area contributed by atoms with E-state index in [1.54, 1.807) is 16.0 Å². The molecule has 7 nitrogen and oxygen atoms in total. The molecule has 0 N–H and O–H groups in total. The fraction of sp³-hybridized carbons (Fsp3) is 0.588. The van der Waals surface area contributed by atoms with E-state index in [-0.39, 0.29) is 18.1 Å². The molecule has 2 aromatic heterocycles. The number of rotatable bonds is 3. The number of morpholine rings is 1. The largest absolute Gasteiger partial charge is 0.368 e. The number of piperidine rings is 1. The van der Waals surface area contributed by atoms with E-state index in [9.17, 15) is 4.79 Å². The number of amides is 1. The summed E-state index contributed by atoms with van der Waals surface area (Å²) in [5, 5.41) is 7.45. The van der Waals surface area contributed by atoms with Gasteiger partial charge in [-0.05, 0) is 19.8 Å². The van der Waals surface area contributed by atoms with E-state index in [0.29, 0.717) is 6.61 Å². The minimum absolute atomic E-state index is 0.0366. The molecule has 0 radical (unpaired) electrons. The summed E-state index contributed by atoms with van der Waals surface area (Å²) in [6.45, 7) is 4.88. The van der Waals surface area contributed by atoms with Gasteiger partial charge < -0.3 is 4.74 Å². The first-order valence-electron chi connectivity index (χ1n) is 8.70. The third kappa shape index (κ3) is 3.33. The van der Waals surface area contributed by atoms with Gasteiger partial charge in [-0.3, -0.25) is 19.3 Å². The Kier molecular flexibility index (Phi) is 4.58. The highest BCUT2D eigenvalue weighted by Crippen LogP contribution is 2.29. The SMILES string of the molecule is Cc1csc([C@H]2CN([C@@H]3CCCN(c4ccn(C)n4)C3=O)CCO2)n1. The number of ether oxygens (including phenoxy) is 1. The lowest BCUT2D eigenvalue weighted by Crippen LogP contribution is -2.55. The molecule has 2 aliphatic heterocycles. The van der Waals surface area contributed by atoms with Crippen LogP contribution in [0.3, 0.4) is 0 Å². The van der Waals surface area contributed by atoms with Crippen molar-refractivity contribution < 1.29 is 9.53 Å². The Morgan fingerprint density at radius 2 is 2.24 bits per heavy atom. The monoisotopic (exact) mass is 361 g/mol. The summed E-state index contributed by atoms with van der Waals surface area (Å²) in [6, 6.07) is 1.81. The Balaban J connectivity index is 1.49. The minimum Gasteiger partial charge on any atom is -0.368 e. The van der Waals surface area contributed by atoms with Crippen LogP contribution in [-0.2, 0) is 16.6 Å². The lowest BCUT2D eigenvalue weighted by atomic mass is 10.0. The van der Waals surface area contributed by atoms with Crippen LogP contribution in [0.1, 0.15) is 29.6 Å². The molecule has 2 fully saturated rings. The zero-order chi connectivity index (χ0) is 17.4. The van der Waals surface area contributed by atoms with Gasteiger partial charge in [0, 0.05) is 50.0 Å². The van der Waals surface area contributed by atoms with Gasteiger partial charge in [-0.15, -0.1) is 11.3 Å². The summed E-state index contributed by atoms with van der Waals surface area (Å²) in [5.74, 6) is 0.901. The molecule has 2 aliphatic rings. The van der Waals surface area contributed by atoms with Gasteiger partial charge in [-0.25, -0.2) is 4.98 Å². The van der Waals surface area contributed by atoms with E-state index in [2.05, 4.69) is 15.0 Å². The molecule has 1 amide bonds. The number of carbonyl (C=O) groups excluding carboxylic acids is 1. The van der Waals surface area contributed by atoms with Gasteiger partial charge in [0.1, 0.15) is 11.1 Å². The van der Waals surface area contributed by atoms with E-state index in [0.717, 1.165) is 49.0 Å². The average Bonchev–Trinajstić information content (AvgIpc) is 3.24. The van der Waals surface area contributed by atoms with E-state index in [1.807, 2.05) is 36.5 Å². The molecule has 8 heteroatoms. The standard InChI is InChI=1S/C17H23N5O2S/c1-12-11-25-16(18-12)14-10-21(8-9-24-14)13-4-3-6-22(17(13)23)15-5-7-20(2)19-15/h5,7,11,13-14H,3-4,6,8-10H2,1-2H3/t13-,14-/m1/s1. The molecule has 134 valence electrons. The number of hydrogen-bond donors (Lipinski definition) is 0. The Morgan fingerprint density at radius 1 is 1.36 bits per heavy atom. The zero-order valence-corrected chi connectivity index (χ0v) is 15.4. The molecule has 2 atom stereocenters. The van der Waals surface area contributed by atoms with Crippen LogP contribution in [0.15, 0.2) is 17.6 Å². The predicted octanol–water partition coefficient (Wildman–Crippen LogP) is 1.75. The quantitative estimate of drug-likeness (QED) is 0.833. The number of thiazole rings is 1. The Bertz CT molecular complexity index is 758. The Labute approximate surface area is 151 Å². The number of aromatic nitrogens is 3. The Morgan fingerprint density at radius 3 is 2.96 bits per heavy atom. The molecule has 0 bridgehead atoms. The van der Waals surface area contributed by atoms with E-state index in [1.165, 1.54) is 0 Å². The van der Waals surface area contributed by atoms with Crippen LogP contribution in [0.2, 0.25) is 0 Å². The van der Waals surface area contributed by atoms with Crippen LogP contribution >= 0.6 is 11.3 Å². The van der Waals surface area contributed by atoms with Gasteiger partial charge in [-0.2, -0.15) is 5.10 Å². The molecule has 0 spiro atoms. The molecule has 0 unspecified atom stereocenters. The smallest absolute Gasteiger partial charge is 0.245 e. The first-order valence-corrected chi connectivity index (χ1v) is 9.58. The molecule has 25 heavy (non-hydrogen) atoms. The van der Waals surface area contributed by atoms with Crippen molar-refractivity contribution >= 4 is 23.1 Å². The molecule has 4 rings (SSSR count). The van der Waals surface area contributed by atoms with Crippen molar-refractivity contribution in [2.24, 2.45) is 7.05 Å². The lowest BCUT2D eigenvalue weighted by Gasteiger charge is -2.41. The van der Waals surface area contributed by atoms with Gasteiger partial charge in [0.2, 0.25) is 5.91 Å². The number of nitrogens with zero attached hydrogens (tertiary/aromatic N) is 5. The van der Waals surface area contributed by atoms with Crippen molar-refractivity contribution in [3.05, 3.63) is 28.3 Å². The van der Waals surface area contributed by atoms with Gasteiger partial charge in [0.25, 0.3) is 0 Å². The summed E-state index contributed by atoms with van der Waals surface area (Å²) >= 11 is 1.63. The van der Waals surface area contributed by atoms with Crippen LogP contribution in [0.25, 0.3) is 0 Å². The third-order valence-electron chi connectivity index (χ3n) is 4.84. The van der Waals surface area contributed by atoms with E-state index < -0.39 is 0 Å². The molecule has 0 saturated carbocycles. The van der Waals surface area contributed by atoms with E-state index in [4.69, 9.17) is 4.74 Å². The van der Waals surface area contributed by atoms with Crippen LogP contribution in [0.4, 0.5) is 5.82 Å². The summed E-state index contributed by atoms with van der Waals surface area (Å²) in [7, 11) is 1.87. The minimum atomic E-state index is -0.0942. The van der Waals surface area contributed by atoms with Crippen LogP contribution < -0.4 is 4.90 Å². The maximum absolute atomic E-state index is 13.1. The first-order chi connectivity index (χ1) is 12.1. The number of anilines is 1. The van der Waals surface area contributed by atoms with Crippen LogP contribution in [-0.4, -0.2) is 57.9 Å². The topological polar surface area (TPSA) is 63.5 Å². The molecular weight excluding hydrogens is 338 g/mol. The highest BCUT2D eigenvalue weighted by Gasteiger charge is 2.37. The van der Waals surface area contributed by atoms with Gasteiger partial charge in [-0.1, -0.05) is 0 Å². The highest BCUT2D eigenvalue weighted by molar-refractivity contribution is 7.09. The van der Waals surface area contributed by atoms with Gasteiger partial charge in [0.15, 0.2) is 5.82 Å². The van der Waals surface area contributed by atoms with Crippen molar-refractivity contribution in [1.29, 1.82) is 0 Å². The van der Waals surface area contributed by atoms with Crippen LogP contribution in [0, 0.1) is 6.92 Å². The maximum Gasteiger partial charge on any atom is 0.245 e. The molecule has 4 heterocycles. The highest BCUT2D eigenvalue weighted by atomic mass is 32.1. The second-order valence-corrected chi connectivity index (χ2v) is 7.57. The van der Waals surface area contributed by atoms with Crippen molar-refractivity contribution in [3.63, 3.8) is 0 Å². The summed E-state index contributed by atoms with van der Waals surface area (Å²) in [5.41, 5.74) is 1.02. The summed E-state index contributed by atoms with van der Waals surface area (Å²) in [4.78, 5) is 21.7. The van der Waals surface area contributed by atoms with Crippen molar-refractivity contribution in [2.45, 2.75) is 31.9 Å². The number of hydrogen-bond acceptors (Lipinski definition) is 6. The lowest BCUT2D eigenvalue weighted by molar-refractivity contribution is -0.129. The predicted molar refractivity (Wildman–Crippen MR) is 95.7 cm³/mol. The second-order valence-electron chi connectivity index (χ2n) is 6.68.